The summed E-state index contributed by atoms with van der Waals surface area (Å²) in [4.78, 5) is 9.07. The maximum Gasteiger partial charge on any atom is 0.289 e. The zero-order valence-corrected chi connectivity index (χ0v) is 8.91. The maximum absolute atomic E-state index is 9.07. The fourth-order valence-corrected chi connectivity index (χ4v) is 0.816. The van der Waals surface area contributed by atoms with Gasteiger partial charge in [-0.25, -0.2) is 10.1 Å². The van der Waals surface area contributed by atoms with Crippen LogP contribution in [0.15, 0.2) is 12.7 Å². The molecule has 16 heavy (non-hydrogen) atoms. The lowest BCUT2D eigenvalue weighted by Gasteiger charge is -1.87. The van der Waals surface area contributed by atoms with E-state index in [1.165, 1.54) is 16.5 Å². The van der Waals surface area contributed by atoms with Crippen molar-refractivity contribution in [2.24, 2.45) is 0 Å². The Kier molecular flexibility index (Phi) is 6.80. The van der Waals surface area contributed by atoms with Gasteiger partial charge in [-0.3, -0.25) is 5.84 Å². The summed E-state index contributed by atoms with van der Waals surface area (Å²) in [6, 6.07) is 0. The molecule has 0 aliphatic rings. The second-order valence-electron chi connectivity index (χ2n) is 2.79. The molecule has 9 heteroatoms. The van der Waals surface area contributed by atoms with Crippen molar-refractivity contribution in [2.75, 3.05) is 5.84 Å². The van der Waals surface area contributed by atoms with Crippen LogP contribution in [0, 0.1) is 21.6 Å². The Morgan fingerprint density at radius 1 is 1.81 bits per heavy atom. The number of hydrogen-bond acceptors (Lipinski definition) is 5. The topological polar surface area (TPSA) is 127 Å². The average molecular weight is 228 g/mol. The molecule has 0 atom stereocenters. The van der Waals surface area contributed by atoms with Gasteiger partial charge in [0.15, 0.2) is 5.03 Å². The molecule has 9 nitrogen and oxygen atoms in total. The third-order valence-corrected chi connectivity index (χ3v) is 1.48. The minimum atomic E-state index is -0.931. The fraction of sp³-hybridized carbons (Fsp3) is 0.571. The molecule has 1 rings (SSSR count). The Labute approximate surface area is 92.2 Å². The van der Waals surface area contributed by atoms with Gasteiger partial charge in [0.05, 0.1) is 0 Å². The first kappa shape index (κ1) is 13.6. The maximum atomic E-state index is 9.07. The molecule has 1 aromatic rings. The van der Waals surface area contributed by atoms with Crippen molar-refractivity contribution in [1.29, 1.82) is 5.26 Å². The quantitative estimate of drug-likeness (QED) is 0.169. The standard InChI is InChI=1S/C6H13N4.CHN3O2/c1-2-3-4-10-6-9(7)5-8-10;2-1-3-4(5)6/h5-6H,2-4,7H2,1H3;3H/q+1;. The monoisotopic (exact) mass is 228 g/mol. The van der Waals surface area contributed by atoms with Crippen molar-refractivity contribution in [3.63, 3.8) is 0 Å². The Hall–Kier alpha value is -2.37. The van der Waals surface area contributed by atoms with Gasteiger partial charge < -0.3 is 0 Å². The van der Waals surface area contributed by atoms with Gasteiger partial charge in [0.25, 0.3) is 6.33 Å². The summed E-state index contributed by atoms with van der Waals surface area (Å²) in [6.45, 7) is 3.11. The number of nitriles is 1. The van der Waals surface area contributed by atoms with E-state index in [-0.39, 0.29) is 0 Å². The van der Waals surface area contributed by atoms with E-state index in [4.69, 9.17) is 21.2 Å². The van der Waals surface area contributed by atoms with E-state index in [2.05, 4.69) is 12.0 Å². The van der Waals surface area contributed by atoms with Gasteiger partial charge in [-0.05, 0) is 16.9 Å². The van der Waals surface area contributed by atoms with Crippen LogP contribution in [0.1, 0.15) is 19.8 Å². The van der Waals surface area contributed by atoms with Gasteiger partial charge in [0, 0.05) is 0 Å². The Balaban J connectivity index is 0.000000325. The fourth-order valence-electron chi connectivity index (χ4n) is 0.816. The summed E-state index contributed by atoms with van der Waals surface area (Å²) >= 11 is 0. The zero-order chi connectivity index (χ0) is 12.4. The van der Waals surface area contributed by atoms with Crippen LogP contribution in [0.25, 0.3) is 0 Å². The van der Waals surface area contributed by atoms with E-state index >= 15 is 0 Å². The van der Waals surface area contributed by atoms with Crippen LogP contribution < -0.4 is 16.0 Å². The van der Waals surface area contributed by atoms with Gasteiger partial charge in [-0.2, -0.15) is 5.26 Å². The summed E-state index contributed by atoms with van der Waals surface area (Å²) in [5.74, 6) is 5.38. The van der Waals surface area contributed by atoms with E-state index in [0.717, 1.165) is 19.2 Å². The highest BCUT2D eigenvalue weighted by atomic mass is 16.7. The smallest absolute Gasteiger partial charge is 0.268 e. The van der Waals surface area contributed by atoms with E-state index < -0.39 is 5.03 Å². The van der Waals surface area contributed by atoms with Crippen LogP contribution >= 0.6 is 0 Å². The molecule has 0 aromatic carbocycles. The lowest BCUT2D eigenvalue weighted by Crippen LogP contribution is -2.35. The van der Waals surface area contributed by atoms with Crippen LogP contribution in [0.2, 0.25) is 0 Å². The van der Waals surface area contributed by atoms with E-state index in [1.807, 2.05) is 4.68 Å². The highest BCUT2D eigenvalue weighted by Crippen LogP contribution is 1.83. The second kappa shape index (κ2) is 7.98. The molecule has 0 bridgehead atoms. The number of hydrogen-bond donors (Lipinski definition) is 2. The number of nitrogens with two attached hydrogens (primary N) is 1. The van der Waals surface area contributed by atoms with Gasteiger partial charge in [0.1, 0.15) is 6.54 Å². The summed E-state index contributed by atoms with van der Waals surface area (Å²) in [5.41, 5.74) is 1.24. The molecule has 0 saturated carbocycles. The van der Waals surface area contributed by atoms with Crippen LogP contribution in [0.5, 0.6) is 0 Å². The molecule has 1 aromatic heterocycles. The van der Waals surface area contributed by atoms with Gasteiger partial charge >= 0.3 is 0 Å². The highest BCUT2D eigenvalue weighted by Gasteiger charge is 1.99. The third kappa shape index (κ3) is 7.07. The van der Waals surface area contributed by atoms with Crippen molar-refractivity contribution in [2.45, 2.75) is 26.3 Å². The number of nitro groups is 1. The van der Waals surface area contributed by atoms with Crippen LogP contribution in [-0.2, 0) is 6.54 Å². The van der Waals surface area contributed by atoms with Gasteiger partial charge in [-0.1, -0.05) is 13.3 Å². The van der Waals surface area contributed by atoms with Gasteiger partial charge in [0.2, 0.25) is 12.5 Å². The van der Waals surface area contributed by atoms with E-state index in [1.54, 1.807) is 12.7 Å². The second-order valence-corrected chi connectivity index (χ2v) is 2.79. The predicted octanol–water partition coefficient (Wildman–Crippen LogP) is -1.07. The predicted molar refractivity (Wildman–Crippen MR) is 53.2 cm³/mol. The molecule has 0 fully saturated rings. The van der Waals surface area contributed by atoms with Crippen LogP contribution in [0.4, 0.5) is 0 Å². The zero-order valence-electron chi connectivity index (χ0n) is 8.91. The Morgan fingerprint density at radius 2 is 2.50 bits per heavy atom. The first-order chi connectivity index (χ1) is 7.60. The molecule has 0 saturated heterocycles. The van der Waals surface area contributed by atoms with Crippen LogP contribution in [0.3, 0.4) is 0 Å². The molecular weight excluding hydrogens is 214 g/mol. The molecule has 0 amide bonds. The molecule has 3 N–H and O–H groups in total. The SMILES string of the molecule is CCCC[n+]1cn(N)cn1.N#CN[N+](=O)[O-]. The number of hydrazine groups is 1. The molecule has 0 unspecified atom stereocenters. The summed E-state index contributed by atoms with van der Waals surface area (Å²) < 4.78 is 3.29. The van der Waals surface area contributed by atoms with E-state index in [9.17, 15) is 0 Å². The van der Waals surface area contributed by atoms with Crippen molar-refractivity contribution in [1.82, 2.24) is 15.2 Å². The number of nitrogen functional groups attached to an aromatic ring is 1. The summed E-state index contributed by atoms with van der Waals surface area (Å²) in [6.07, 6.45) is 6.82. The summed E-state index contributed by atoms with van der Waals surface area (Å²) in [7, 11) is 0. The number of nitrogens with one attached hydrogen (secondary N) is 1. The minimum absolute atomic E-state index is 0.931. The third-order valence-electron chi connectivity index (χ3n) is 1.48. The first-order valence-electron chi connectivity index (χ1n) is 4.58. The number of unbranched alkanes of at least 4 members (excludes halogenated alkanes) is 1. The normalized spacial score (nSPS) is 8.50. The number of aryl methyl sites for hydroxylation is 1. The lowest BCUT2D eigenvalue weighted by molar-refractivity contribution is -0.752. The number of aromatic nitrogens is 3. The lowest BCUT2D eigenvalue weighted by atomic mass is 10.3. The molecule has 88 valence electrons. The molecule has 0 radical (unpaired) electrons. The average Bonchev–Trinajstić information content (AvgIpc) is 2.62. The van der Waals surface area contributed by atoms with Crippen molar-refractivity contribution >= 4 is 0 Å². The summed E-state index contributed by atoms with van der Waals surface area (Å²) in [5, 5.41) is 19.6. The van der Waals surface area contributed by atoms with E-state index in [0.29, 0.717) is 0 Å². The number of nitrogens with zero attached hydrogens (tertiary/aromatic N) is 5. The molecule has 0 aliphatic carbocycles. The largest absolute Gasteiger partial charge is 0.289 e. The highest BCUT2D eigenvalue weighted by molar-refractivity contribution is 4.51. The Morgan fingerprint density at radius 3 is 2.81 bits per heavy atom. The molecule has 1 heterocycles. The van der Waals surface area contributed by atoms with Crippen LogP contribution in [-0.4, -0.2) is 14.8 Å². The number of rotatable bonds is 4. The van der Waals surface area contributed by atoms with Gasteiger partial charge in [-0.15, -0.1) is 9.36 Å². The molecular formula is C7H14N7O2+. The molecule has 0 aliphatic heterocycles. The van der Waals surface area contributed by atoms with Crippen molar-refractivity contribution in [3.8, 4) is 6.19 Å². The van der Waals surface area contributed by atoms with Crippen molar-refractivity contribution in [3.05, 3.63) is 22.8 Å². The Bertz CT molecular complexity index is 356. The molecule has 0 spiro atoms. The van der Waals surface area contributed by atoms with Crippen molar-refractivity contribution < 1.29 is 9.71 Å². The minimum Gasteiger partial charge on any atom is -0.268 e. The first-order valence-corrected chi connectivity index (χ1v) is 4.58.